The lowest BCUT2D eigenvalue weighted by atomic mass is 10.1. The van der Waals surface area contributed by atoms with Crippen LogP contribution in [0.3, 0.4) is 0 Å². The Kier molecular flexibility index (Phi) is 6.59. The van der Waals surface area contributed by atoms with Gasteiger partial charge in [0.1, 0.15) is 17.4 Å². The number of nitrogens with zero attached hydrogens (tertiary/aromatic N) is 3. The molecule has 1 aromatic heterocycles. The molecule has 2 atom stereocenters. The maximum Gasteiger partial charge on any atom is 0.235 e. The van der Waals surface area contributed by atoms with Gasteiger partial charge in [-0.15, -0.1) is 10.5 Å². The van der Waals surface area contributed by atoms with E-state index in [9.17, 15) is 15.2 Å². The molecule has 1 aliphatic rings. The van der Waals surface area contributed by atoms with E-state index in [0.717, 1.165) is 22.0 Å². The number of amides is 1. The molecule has 162 valence electrons. The minimum Gasteiger partial charge on any atom is -0.492 e. The molecule has 2 aromatic carbocycles. The van der Waals surface area contributed by atoms with Crippen molar-refractivity contribution in [2.75, 3.05) is 18.9 Å². The molecule has 0 aliphatic carbocycles. The summed E-state index contributed by atoms with van der Waals surface area (Å²) >= 11 is 0. The molecule has 0 bridgehead atoms. The van der Waals surface area contributed by atoms with Gasteiger partial charge in [-0.3, -0.25) is 14.8 Å². The number of nitrogens with one attached hydrogen (secondary N) is 1. The molecule has 1 amide bonds. The quantitative estimate of drug-likeness (QED) is 0.566. The smallest absolute Gasteiger partial charge is 0.235 e. The number of benzene rings is 2. The normalized spacial score (nSPS) is 18.0. The fraction of sp³-hybridized carbons (Fsp3) is 0.208. The highest BCUT2D eigenvalue weighted by molar-refractivity contribution is 8.29. The lowest BCUT2D eigenvalue weighted by Gasteiger charge is -2.10. The molecule has 32 heavy (non-hydrogen) atoms. The number of amidine groups is 1. The van der Waals surface area contributed by atoms with Crippen molar-refractivity contribution in [3.8, 4) is 11.8 Å². The van der Waals surface area contributed by atoms with Crippen LogP contribution in [-0.2, 0) is 4.79 Å². The summed E-state index contributed by atoms with van der Waals surface area (Å²) < 4.78 is 5.72. The standard InChI is InChI=1S/C24H22N4O3S/c1-2-31-23-18(11-25)12-26-20-9-8-16(10-19(20)23)14-32-15-22(30)28-24(32)27-13-21(29)17-6-4-3-5-7-17/h3-10,12,14,21,29H,2,13,15H2,1H3,(H,27,28,30). The molecule has 4 rings (SSSR count). The predicted octanol–water partition coefficient (Wildman–Crippen LogP) is 3.14. The molecule has 0 radical (unpaired) electrons. The highest BCUT2D eigenvalue weighted by Gasteiger charge is 2.22. The lowest BCUT2D eigenvalue weighted by Crippen LogP contribution is -2.21. The number of aromatic nitrogens is 1. The van der Waals surface area contributed by atoms with Crippen molar-refractivity contribution in [2.24, 2.45) is 4.99 Å². The van der Waals surface area contributed by atoms with Crippen LogP contribution in [-0.4, -0.2) is 45.4 Å². The number of hydrogen-bond donors (Lipinski definition) is 2. The van der Waals surface area contributed by atoms with Crippen LogP contribution >= 0.6 is 10.5 Å². The average Bonchev–Trinajstić information content (AvgIpc) is 3.17. The highest BCUT2D eigenvalue weighted by atomic mass is 32.2. The van der Waals surface area contributed by atoms with Crippen molar-refractivity contribution < 1.29 is 14.6 Å². The summed E-state index contributed by atoms with van der Waals surface area (Å²) in [7, 11) is -0.552. The van der Waals surface area contributed by atoms with Crippen molar-refractivity contribution >= 4 is 37.8 Å². The second-order valence-electron chi connectivity index (χ2n) is 7.13. The van der Waals surface area contributed by atoms with Gasteiger partial charge in [-0.2, -0.15) is 5.26 Å². The van der Waals surface area contributed by atoms with Crippen molar-refractivity contribution in [2.45, 2.75) is 13.0 Å². The molecule has 1 aliphatic heterocycles. The van der Waals surface area contributed by atoms with E-state index in [1.165, 1.54) is 6.20 Å². The molecule has 2 heterocycles. The van der Waals surface area contributed by atoms with Gasteiger partial charge in [0.25, 0.3) is 0 Å². The minimum absolute atomic E-state index is 0.0956. The summed E-state index contributed by atoms with van der Waals surface area (Å²) in [6.07, 6.45) is 0.775. The highest BCUT2D eigenvalue weighted by Crippen LogP contribution is 2.30. The number of aliphatic hydroxyl groups excluding tert-OH is 1. The number of rotatable bonds is 6. The molecule has 0 spiro atoms. The molecule has 3 aromatic rings. The maximum absolute atomic E-state index is 12.1. The number of pyridine rings is 1. The zero-order valence-electron chi connectivity index (χ0n) is 17.5. The van der Waals surface area contributed by atoms with E-state index in [2.05, 4.69) is 21.4 Å². The van der Waals surface area contributed by atoms with Crippen molar-refractivity contribution in [3.63, 3.8) is 0 Å². The van der Waals surface area contributed by atoms with Gasteiger partial charge in [0.15, 0.2) is 5.17 Å². The van der Waals surface area contributed by atoms with Crippen LogP contribution in [0, 0.1) is 11.3 Å². The second kappa shape index (κ2) is 9.73. The number of aliphatic hydroxyl groups is 1. The van der Waals surface area contributed by atoms with E-state index in [1.807, 2.05) is 60.8 Å². The van der Waals surface area contributed by atoms with Gasteiger partial charge in [0.2, 0.25) is 5.91 Å². The van der Waals surface area contributed by atoms with Gasteiger partial charge >= 0.3 is 0 Å². The third-order valence-corrected chi connectivity index (χ3v) is 6.76. The Bertz CT molecular complexity index is 1270. The Morgan fingerprint density at radius 2 is 2.16 bits per heavy atom. The van der Waals surface area contributed by atoms with E-state index < -0.39 is 16.6 Å². The van der Waals surface area contributed by atoms with Gasteiger partial charge in [0, 0.05) is 11.6 Å². The van der Waals surface area contributed by atoms with E-state index in [0.29, 0.717) is 28.8 Å². The molecule has 0 saturated carbocycles. The van der Waals surface area contributed by atoms with Gasteiger partial charge in [-0.05, 0) is 35.6 Å². The van der Waals surface area contributed by atoms with Gasteiger partial charge in [-0.1, -0.05) is 36.4 Å². The molecular formula is C24H22N4O3S. The lowest BCUT2D eigenvalue weighted by molar-refractivity contribution is -0.116. The molecular weight excluding hydrogens is 424 g/mol. The van der Waals surface area contributed by atoms with Crippen LogP contribution in [0.25, 0.3) is 10.9 Å². The van der Waals surface area contributed by atoms with Crippen LogP contribution in [0.15, 0.2) is 59.7 Å². The van der Waals surface area contributed by atoms with Crippen LogP contribution < -0.4 is 10.1 Å². The summed E-state index contributed by atoms with van der Waals surface area (Å²) in [6.45, 7) is 2.47. The zero-order valence-corrected chi connectivity index (χ0v) is 18.3. The van der Waals surface area contributed by atoms with E-state index >= 15 is 0 Å². The number of nitriles is 1. The number of fused-ring (bicyclic) bond motifs is 1. The number of carbonyl (C=O) groups excluding carboxylic acids is 1. The predicted molar refractivity (Wildman–Crippen MR) is 127 cm³/mol. The summed E-state index contributed by atoms with van der Waals surface area (Å²) in [5.74, 6) is 0.730. The molecule has 1 saturated heterocycles. The topological polar surface area (TPSA) is 108 Å². The van der Waals surface area contributed by atoms with Crippen LogP contribution in [0.4, 0.5) is 0 Å². The Morgan fingerprint density at radius 1 is 1.34 bits per heavy atom. The maximum atomic E-state index is 12.1. The van der Waals surface area contributed by atoms with Crippen LogP contribution in [0.2, 0.25) is 0 Å². The first kappa shape index (κ1) is 21.7. The Balaban J connectivity index is 1.66. The first-order valence-electron chi connectivity index (χ1n) is 10.2. The van der Waals surface area contributed by atoms with Gasteiger partial charge in [-0.25, -0.2) is 0 Å². The molecule has 7 nitrogen and oxygen atoms in total. The van der Waals surface area contributed by atoms with Crippen molar-refractivity contribution in [3.05, 3.63) is 71.4 Å². The molecule has 1 fully saturated rings. The zero-order chi connectivity index (χ0) is 22.5. The summed E-state index contributed by atoms with van der Waals surface area (Å²) in [6, 6.07) is 17.1. The largest absolute Gasteiger partial charge is 0.492 e. The SMILES string of the molecule is CCOc1c(C#N)cnc2ccc(C=S3CC(=O)NC3=NCC(O)c3ccccc3)cc12. The number of aliphatic imine (C=N–C) groups is 1. The average molecular weight is 447 g/mol. The van der Waals surface area contributed by atoms with Crippen LogP contribution in [0.5, 0.6) is 5.75 Å². The van der Waals surface area contributed by atoms with E-state index in [1.54, 1.807) is 0 Å². The van der Waals surface area contributed by atoms with Crippen molar-refractivity contribution in [1.82, 2.24) is 10.3 Å². The number of hydrogen-bond acceptors (Lipinski definition) is 6. The van der Waals surface area contributed by atoms with E-state index in [-0.39, 0.29) is 12.5 Å². The minimum atomic E-state index is -0.739. The van der Waals surface area contributed by atoms with Crippen LogP contribution in [0.1, 0.15) is 29.7 Å². The number of carbonyl (C=O) groups is 1. The first-order chi connectivity index (χ1) is 15.6. The monoisotopic (exact) mass is 446 g/mol. The molecule has 8 heteroatoms. The summed E-state index contributed by atoms with van der Waals surface area (Å²) in [5.41, 5.74) is 2.78. The molecule has 2 N–H and O–H groups in total. The molecule has 2 unspecified atom stereocenters. The Morgan fingerprint density at radius 3 is 2.91 bits per heavy atom. The number of ether oxygens (including phenoxy) is 1. The fourth-order valence-electron chi connectivity index (χ4n) is 3.40. The first-order valence-corrected chi connectivity index (χ1v) is 11.6. The Hall–Kier alpha value is -3.54. The third-order valence-electron chi connectivity index (χ3n) is 4.90. The van der Waals surface area contributed by atoms with E-state index in [4.69, 9.17) is 4.74 Å². The fourth-order valence-corrected chi connectivity index (χ4v) is 5.05. The van der Waals surface area contributed by atoms with Gasteiger partial charge < -0.3 is 15.2 Å². The third kappa shape index (κ3) is 4.69. The van der Waals surface area contributed by atoms with Crippen molar-refractivity contribution in [1.29, 1.82) is 5.26 Å². The summed E-state index contributed by atoms with van der Waals surface area (Å²) in [5, 5.41) is 25.9. The second-order valence-corrected chi connectivity index (χ2v) is 8.90. The summed E-state index contributed by atoms with van der Waals surface area (Å²) in [4.78, 5) is 20.9. The van der Waals surface area contributed by atoms with Gasteiger partial charge in [0.05, 0.1) is 30.5 Å². The Labute approximate surface area is 188 Å².